The van der Waals surface area contributed by atoms with E-state index in [2.05, 4.69) is 106 Å². The zero-order chi connectivity index (χ0) is 106. The molecule has 0 aliphatic carbocycles. The zero-order valence-electron chi connectivity index (χ0n) is 80.3. The summed E-state index contributed by atoms with van der Waals surface area (Å²) in [4.78, 5) is 218. The van der Waals surface area contributed by atoms with Gasteiger partial charge in [-0.3, -0.25) is 99.2 Å². The van der Waals surface area contributed by atoms with Crippen molar-refractivity contribution >= 4 is 124 Å². The summed E-state index contributed by atoms with van der Waals surface area (Å²) < 4.78 is 12.2. The number of carbonyl (C=O) groups excluding carboxylic acids is 15. The molecule has 2 heterocycles. The maximum absolute atomic E-state index is 15.1. The number of esters is 1. The van der Waals surface area contributed by atoms with Crippen LogP contribution in [0.15, 0.2) is 83.9 Å². The molecule has 54 nitrogen and oxygen atoms in total. The molecule has 6 rings (SSSR count). The van der Waals surface area contributed by atoms with E-state index in [4.69, 9.17) is 88.1 Å². The van der Waals surface area contributed by atoms with Crippen molar-refractivity contribution in [3.8, 4) is 28.7 Å². The summed E-state index contributed by atoms with van der Waals surface area (Å²) in [6.45, 7) is -0.758. The van der Waals surface area contributed by atoms with E-state index in [1.165, 1.54) is 85.9 Å². The van der Waals surface area contributed by atoms with Gasteiger partial charge in [-0.15, -0.1) is 0 Å². The molecule has 0 radical (unpaired) electrons. The lowest BCUT2D eigenvalue weighted by atomic mass is 9.77. The van der Waals surface area contributed by atoms with Gasteiger partial charge in [0.25, 0.3) is 5.91 Å². The molecular weight excluding hydrogens is 1880 g/mol. The molecule has 10 atom stereocenters. The molecular formula is C90H138N34O20. The Morgan fingerprint density at radius 3 is 1.09 bits per heavy atom. The number of phenolic OH excluding ortho intramolecular Hbond substituents is 3. The van der Waals surface area contributed by atoms with Crippen LogP contribution in [0.5, 0.6) is 28.7 Å². The van der Waals surface area contributed by atoms with Gasteiger partial charge >= 0.3 is 5.97 Å². The van der Waals surface area contributed by atoms with Gasteiger partial charge in [0.2, 0.25) is 76.8 Å². The summed E-state index contributed by atoms with van der Waals surface area (Å²) in [6.07, 6.45) is -1.79. The number of unbranched alkanes of at least 4 members (excludes halogenated alkanes) is 2. The molecule has 1 spiro atoms. The van der Waals surface area contributed by atoms with Crippen LogP contribution in [0.3, 0.4) is 0 Å². The van der Waals surface area contributed by atoms with Gasteiger partial charge < -0.3 is 177 Å². The number of fused-ring (bicyclic) bond motifs is 6. The van der Waals surface area contributed by atoms with Crippen LogP contribution in [-0.2, 0) is 79.1 Å². The van der Waals surface area contributed by atoms with E-state index < -0.39 is 204 Å². The number of aliphatic imine (C=N–C) groups is 1. The Kier molecular flexibility index (Phi) is 48.5. The number of aromatic hydroxyl groups is 3. The van der Waals surface area contributed by atoms with Crippen molar-refractivity contribution in [1.82, 2.24) is 101 Å². The van der Waals surface area contributed by atoms with Gasteiger partial charge in [-0.25, -0.2) is 4.79 Å². The largest absolute Gasteiger partial charge is 0.508 e. The number of nitrogens with zero attached hydrogens (tertiary/aromatic N) is 1. The number of ether oxygens (including phenoxy) is 2. The van der Waals surface area contributed by atoms with Crippen LogP contribution in [0.25, 0.3) is 0 Å². The van der Waals surface area contributed by atoms with Gasteiger partial charge in [0.1, 0.15) is 89.2 Å². The monoisotopic (exact) mass is 2020 g/mol. The summed E-state index contributed by atoms with van der Waals surface area (Å²) in [7, 11) is 3.09. The number of amides is 14. The summed E-state index contributed by atoms with van der Waals surface area (Å²) in [6, 6.07) is 2.82. The molecule has 2 aliphatic rings. The fraction of sp³-hybridized carbons (Fsp3) is 0.500. The first-order chi connectivity index (χ1) is 68.6. The second kappa shape index (κ2) is 60.0. The van der Waals surface area contributed by atoms with Crippen molar-refractivity contribution in [2.45, 2.75) is 207 Å². The standard InChI is InChI=1S/C90H138N34O20/c1-105-89(106-2)113-41-12-20-64(80(139)120-61(17-9-38-110-86(99)100)76(135)117-57(72(94)131)15-7-36-108-84(95)96)123-82(141)65(31-32-69(93)128)124-81(140)63(19-11-40-112-88(103)104)122-79(138)62(18-10-39-111-87(101)102)121-78(137)60(14-4-6-35-92)119-77(136)59(13-3-5-34-91)118-75(134)58(16-8-37-109-85(97)98)115-71(130)47-114-74(133)66(43-48-21-24-50(125)25-22-48)116-70(129)33-42-107-73(132)49-23-28-53-56(44-49)90(144-83(53)142)54-29-26-51(126)45-67(54)143-68-46-52(127)27-30-55(68)90/h21-30,44-46,57-66,125-127H,3-20,31-43,47,91-92H2,1-2H3,(H2,93,128)(H2,94,131)(H,107,132)(H,114,133)(H,115,130)(H,116,129)(H,117,135)(H,118,134)(H,119,136)(H,120,139)(H,121,137)(H,122,138)(H,123,141)(H,124,140)(H4,95,96,108)(H4,97,98,109)(H4,99,100,110)(H4,101,102,111)(H4,103,104,112)(H2,105,106,113)/t57-,58-,59-,60-,61-,62-,63-,64-,65-,66-/m0/s1. The van der Waals surface area contributed by atoms with E-state index in [0.717, 1.165) is 0 Å². The first-order valence-electron chi connectivity index (χ1n) is 46.9. The molecule has 2 aliphatic heterocycles. The molecule has 0 bridgehead atoms. The van der Waals surface area contributed by atoms with Gasteiger partial charge in [0.05, 0.1) is 12.1 Å². The van der Waals surface area contributed by atoms with E-state index in [1.807, 2.05) is 0 Å². The molecule has 4 aromatic rings. The molecule has 0 saturated carbocycles. The predicted molar refractivity (Wildman–Crippen MR) is 528 cm³/mol. The van der Waals surface area contributed by atoms with Crippen molar-refractivity contribution in [1.29, 1.82) is 27.0 Å². The molecule has 4 aromatic carbocycles. The minimum absolute atomic E-state index is 0.00902. The highest BCUT2D eigenvalue weighted by molar-refractivity contribution is 6.03. The summed E-state index contributed by atoms with van der Waals surface area (Å²) in [5.74, 6) is -16.0. The number of carbonyl (C=O) groups is 15. The SMILES string of the molecule is CN=C(NC)NCCC[C@H](NC(=O)[C@H](CCC(N)=O)NC(=O)[C@H](CCCNC(=N)N)NC(=O)[C@H](CCCNC(=N)N)NC(=O)[C@H](CCCCN)NC(=O)[C@H](CCCCN)NC(=O)[C@H](CCCNC(=N)N)NC(=O)CNC(=O)[C@H](Cc1ccc(O)cc1)NC(=O)CCNC(=O)c1ccc2c(c1)C1(OC2=O)c2ccc(O)cc2Oc2cc(O)ccc21)C(=O)N[C@@H](CCCNC(=N)N)C(=O)N[C@@H](CCCNC(=N)N)C(N)=O. The molecule has 0 saturated heterocycles. The topological polar surface area (TPSA) is 930 Å². The third-order valence-corrected chi connectivity index (χ3v) is 22.8. The highest BCUT2D eigenvalue weighted by Crippen LogP contribution is 2.57. The number of rotatable bonds is 63. The first-order valence-corrected chi connectivity index (χ1v) is 46.9. The highest BCUT2D eigenvalue weighted by Gasteiger charge is 2.54. The van der Waals surface area contributed by atoms with Crippen molar-refractivity contribution < 1.29 is 96.7 Å². The summed E-state index contributed by atoms with van der Waals surface area (Å²) >= 11 is 0. The number of benzene rings is 4. The summed E-state index contributed by atoms with van der Waals surface area (Å²) in [5.41, 5.74) is 50.5. The minimum Gasteiger partial charge on any atom is -0.508 e. The highest BCUT2D eigenvalue weighted by atomic mass is 16.6. The molecule has 0 unspecified atom stereocenters. The Morgan fingerprint density at radius 2 is 0.722 bits per heavy atom. The third kappa shape index (κ3) is 39.0. The van der Waals surface area contributed by atoms with Gasteiger partial charge in [-0.1, -0.05) is 12.1 Å². The van der Waals surface area contributed by atoms with E-state index in [9.17, 15) is 77.6 Å². The molecule has 0 aromatic heterocycles. The lowest BCUT2D eigenvalue weighted by Gasteiger charge is -2.36. The minimum atomic E-state index is -1.75. The third-order valence-electron chi connectivity index (χ3n) is 22.8. The smallest absolute Gasteiger partial charge is 0.340 e. The Bertz CT molecular complexity index is 5150. The summed E-state index contributed by atoms with van der Waals surface area (Å²) in [5, 5.41) is 120. The second-order valence-corrected chi connectivity index (χ2v) is 33.9. The fourth-order valence-corrected chi connectivity index (χ4v) is 15.4. The van der Waals surface area contributed by atoms with E-state index >= 15 is 9.59 Å². The van der Waals surface area contributed by atoms with Crippen LogP contribution < -0.4 is 157 Å². The number of primary amides is 2. The Morgan fingerprint density at radius 1 is 0.368 bits per heavy atom. The molecule has 45 N–H and O–H groups in total. The van der Waals surface area contributed by atoms with Crippen molar-refractivity contribution in [2.24, 2.45) is 56.6 Å². The lowest BCUT2D eigenvalue weighted by molar-refractivity contribution is -0.136. The Labute approximate surface area is 830 Å². The number of hydrogen-bond acceptors (Lipinski definition) is 28. The maximum Gasteiger partial charge on any atom is 0.340 e. The van der Waals surface area contributed by atoms with E-state index in [1.54, 1.807) is 7.05 Å². The quantitative estimate of drug-likeness (QED) is 0.00845. The Balaban J connectivity index is 1.22. The van der Waals surface area contributed by atoms with Gasteiger partial charge in [0, 0.05) is 114 Å². The van der Waals surface area contributed by atoms with Crippen molar-refractivity contribution in [3.05, 3.63) is 112 Å². The van der Waals surface area contributed by atoms with E-state index in [0.29, 0.717) is 35.5 Å². The zero-order valence-corrected chi connectivity index (χ0v) is 80.3. The molecule has 0 fully saturated rings. The average Bonchev–Trinajstić information content (AvgIpc) is 1.51. The number of hydrogen-bond donors (Lipinski definition) is 36. The van der Waals surface area contributed by atoms with Crippen LogP contribution in [-0.4, -0.2) is 280 Å². The van der Waals surface area contributed by atoms with Gasteiger partial charge in [-0.2, -0.15) is 0 Å². The Hall–Kier alpha value is -16.3. The number of nitrogens with one attached hydrogen (secondary N) is 24. The van der Waals surface area contributed by atoms with Crippen LogP contribution >= 0.6 is 0 Å². The molecule has 144 heavy (non-hydrogen) atoms. The van der Waals surface area contributed by atoms with E-state index in [-0.39, 0.29) is 219 Å². The normalized spacial score (nSPS) is 13.9. The number of phenols is 3. The second-order valence-electron chi connectivity index (χ2n) is 33.9. The van der Waals surface area contributed by atoms with Gasteiger partial charge in [-0.05, 0) is 195 Å². The molecule has 788 valence electrons. The van der Waals surface area contributed by atoms with Crippen LogP contribution in [0.1, 0.15) is 178 Å². The van der Waals surface area contributed by atoms with Crippen molar-refractivity contribution in [2.75, 3.05) is 79.5 Å². The number of nitrogens with two attached hydrogens (primary N) is 9. The molecule has 54 heteroatoms. The fourth-order valence-electron chi connectivity index (χ4n) is 15.4. The average molecular weight is 2020 g/mol. The van der Waals surface area contributed by atoms with Crippen LogP contribution in [0.2, 0.25) is 0 Å². The lowest BCUT2D eigenvalue weighted by Crippen LogP contribution is -2.60. The maximum atomic E-state index is 15.1. The van der Waals surface area contributed by atoms with Crippen molar-refractivity contribution in [3.63, 3.8) is 0 Å². The number of guanidine groups is 6. The van der Waals surface area contributed by atoms with Gasteiger partial charge in [0.15, 0.2) is 41.4 Å². The first kappa shape index (κ1) is 116. The molecule has 14 amide bonds. The predicted octanol–water partition coefficient (Wildman–Crippen LogP) is -7.40. The van der Waals surface area contributed by atoms with Crippen LogP contribution in [0, 0.1) is 27.0 Å². The van der Waals surface area contributed by atoms with Crippen LogP contribution in [0.4, 0.5) is 0 Å².